The molecule has 0 aliphatic carbocycles. The fraction of sp³-hybridized carbons (Fsp3) is 0.143. The lowest BCUT2D eigenvalue weighted by atomic mass is 10.4. The molecule has 0 spiro atoms. The number of aromatic nitrogens is 3. The summed E-state index contributed by atoms with van der Waals surface area (Å²) in [5, 5.41) is 0.153. The molecule has 0 saturated carbocycles. The van der Waals surface area contributed by atoms with Crippen molar-refractivity contribution in [1.82, 2.24) is 14.4 Å². The van der Waals surface area contributed by atoms with E-state index < -0.39 is 11.9 Å². The highest BCUT2D eigenvalue weighted by Crippen LogP contribution is 2.29. The molecule has 0 bridgehead atoms. The van der Waals surface area contributed by atoms with Gasteiger partial charge in [0.05, 0.1) is 5.03 Å². The van der Waals surface area contributed by atoms with Gasteiger partial charge in [-0.25, -0.2) is 9.97 Å². The number of alkyl halides is 3. The van der Waals surface area contributed by atoms with Gasteiger partial charge in [0.1, 0.15) is 0 Å². The Balaban J connectivity index is 2.70. The molecule has 2 aromatic heterocycles. The predicted octanol–water partition coefficient (Wildman–Crippen LogP) is 2.04. The molecule has 74 valence electrons. The number of imidazole rings is 1. The Morgan fingerprint density at radius 2 is 2.07 bits per heavy atom. The van der Waals surface area contributed by atoms with Gasteiger partial charge in [-0.15, -0.1) is 12.6 Å². The second-order valence-electron chi connectivity index (χ2n) is 2.59. The Morgan fingerprint density at radius 3 is 2.71 bits per heavy atom. The lowest BCUT2D eigenvalue weighted by molar-refractivity contribution is -0.141. The molecule has 0 saturated heterocycles. The Bertz CT molecular complexity index is 476. The standard InChI is InChI=1S/C7H4F3N3S/c8-7(9,10)4-3-5(14)13-2-1-11-6(13)12-4/h1-3,14H. The largest absolute Gasteiger partial charge is 0.433 e. The molecule has 0 N–H and O–H groups in total. The van der Waals surface area contributed by atoms with Gasteiger partial charge in [-0.05, 0) is 6.07 Å². The van der Waals surface area contributed by atoms with Gasteiger partial charge in [0.25, 0.3) is 0 Å². The van der Waals surface area contributed by atoms with Crippen LogP contribution in [0.15, 0.2) is 23.5 Å². The molecule has 7 heteroatoms. The van der Waals surface area contributed by atoms with Crippen LogP contribution in [-0.2, 0) is 6.18 Å². The minimum atomic E-state index is -4.47. The molecular formula is C7H4F3N3S. The first kappa shape index (κ1) is 9.32. The van der Waals surface area contributed by atoms with E-state index in [1.165, 1.54) is 16.8 Å². The van der Waals surface area contributed by atoms with Gasteiger partial charge in [-0.2, -0.15) is 13.2 Å². The van der Waals surface area contributed by atoms with E-state index in [1.807, 2.05) is 0 Å². The Kier molecular flexibility index (Phi) is 1.91. The first-order chi connectivity index (χ1) is 6.48. The summed E-state index contributed by atoms with van der Waals surface area (Å²) in [7, 11) is 0. The minimum absolute atomic E-state index is 0.00942. The molecule has 2 rings (SSSR count). The summed E-state index contributed by atoms with van der Waals surface area (Å²) < 4.78 is 38.2. The molecule has 0 atom stereocenters. The molecule has 0 aliphatic heterocycles. The van der Waals surface area contributed by atoms with Crippen molar-refractivity contribution >= 4 is 18.4 Å². The highest BCUT2D eigenvalue weighted by Gasteiger charge is 2.33. The summed E-state index contributed by atoms with van der Waals surface area (Å²) in [4.78, 5) is 7.00. The number of hydrogen-bond acceptors (Lipinski definition) is 3. The van der Waals surface area contributed by atoms with E-state index in [0.717, 1.165) is 6.07 Å². The first-order valence-electron chi connectivity index (χ1n) is 3.59. The van der Waals surface area contributed by atoms with E-state index in [9.17, 15) is 13.2 Å². The number of fused-ring (bicyclic) bond motifs is 1. The molecule has 14 heavy (non-hydrogen) atoms. The van der Waals surface area contributed by atoms with Gasteiger partial charge in [0.2, 0.25) is 5.78 Å². The highest BCUT2D eigenvalue weighted by atomic mass is 32.1. The zero-order chi connectivity index (χ0) is 10.3. The predicted molar refractivity (Wildman–Crippen MR) is 45.2 cm³/mol. The highest BCUT2D eigenvalue weighted by molar-refractivity contribution is 7.80. The molecular weight excluding hydrogens is 215 g/mol. The Morgan fingerprint density at radius 1 is 1.36 bits per heavy atom. The molecule has 2 heterocycles. The third-order valence-corrected chi connectivity index (χ3v) is 1.99. The van der Waals surface area contributed by atoms with Gasteiger partial charge >= 0.3 is 6.18 Å². The zero-order valence-corrected chi connectivity index (χ0v) is 7.55. The third-order valence-electron chi connectivity index (χ3n) is 1.64. The van der Waals surface area contributed by atoms with Crippen LogP contribution in [0.1, 0.15) is 5.69 Å². The molecule has 0 aliphatic rings. The van der Waals surface area contributed by atoms with E-state index >= 15 is 0 Å². The maximum absolute atomic E-state index is 12.3. The van der Waals surface area contributed by atoms with Crippen LogP contribution < -0.4 is 0 Å². The van der Waals surface area contributed by atoms with E-state index in [1.54, 1.807) is 0 Å². The molecule has 0 radical (unpaired) electrons. The second-order valence-corrected chi connectivity index (χ2v) is 3.05. The van der Waals surface area contributed by atoms with Crippen LogP contribution in [0, 0.1) is 0 Å². The van der Waals surface area contributed by atoms with Crippen molar-refractivity contribution in [1.29, 1.82) is 0 Å². The zero-order valence-electron chi connectivity index (χ0n) is 6.65. The lowest BCUT2D eigenvalue weighted by Crippen LogP contribution is -2.09. The minimum Gasteiger partial charge on any atom is -0.279 e. The van der Waals surface area contributed by atoms with Crippen molar-refractivity contribution in [3.63, 3.8) is 0 Å². The van der Waals surface area contributed by atoms with Crippen molar-refractivity contribution in [2.45, 2.75) is 11.2 Å². The number of nitrogens with zero attached hydrogens (tertiary/aromatic N) is 3. The van der Waals surface area contributed by atoms with Crippen molar-refractivity contribution in [3.8, 4) is 0 Å². The Hall–Kier alpha value is -1.24. The summed E-state index contributed by atoms with van der Waals surface area (Å²) in [6.07, 6.45) is -1.61. The molecule has 0 unspecified atom stereocenters. The van der Waals surface area contributed by atoms with Gasteiger partial charge in [0.15, 0.2) is 5.69 Å². The average Bonchev–Trinajstić information content (AvgIpc) is 2.50. The monoisotopic (exact) mass is 219 g/mol. The van der Waals surface area contributed by atoms with Gasteiger partial charge in [0, 0.05) is 12.4 Å². The van der Waals surface area contributed by atoms with Crippen LogP contribution in [-0.4, -0.2) is 14.4 Å². The number of rotatable bonds is 0. The molecule has 0 aromatic carbocycles. The van der Waals surface area contributed by atoms with Crippen LogP contribution in [0.3, 0.4) is 0 Å². The van der Waals surface area contributed by atoms with E-state index in [4.69, 9.17) is 0 Å². The SMILES string of the molecule is FC(F)(F)c1cc(S)n2ccnc2n1. The summed E-state index contributed by atoms with van der Waals surface area (Å²) in [5.74, 6) is -0.00942. The number of hydrogen-bond donors (Lipinski definition) is 1. The van der Waals surface area contributed by atoms with Crippen LogP contribution >= 0.6 is 12.6 Å². The van der Waals surface area contributed by atoms with E-state index in [2.05, 4.69) is 22.6 Å². The van der Waals surface area contributed by atoms with Crippen LogP contribution in [0.5, 0.6) is 0 Å². The molecule has 0 amide bonds. The summed E-state index contributed by atoms with van der Waals surface area (Å²) in [5.41, 5.74) is -0.985. The van der Waals surface area contributed by atoms with Crippen molar-refractivity contribution in [3.05, 3.63) is 24.2 Å². The second kappa shape index (κ2) is 2.88. The average molecular weight is 219 g/mol. The smallest absolute Gasteiger partial charge is 0.279 e. The van der Waals surface area contributed by atoms with E-state index in [0.29, 0.717) is 0 Å². The molecule has 2 aromatic rings. The maximum atomic E-state index is 12.3. The quantitative estimate of drug-likeness (QED) is 0.542. The van der Waals surface area contributed by atoms with Gasteiger partial charge in [-0.3, -0.25) is 4.40 Å². The Labute approximate surface area is 82.0 Å². The van der Waals surface area contributed by atoms with Crippen molar-refractivity contribution in [2.24, 2.45) is 0 Å². The van der Waals surface area contributed by atoms with Crippen LogP contribution in [0.25, 0.3) is 5.78 Å². The van der Waals surface area contributed by atoms with E-state index in [-0.39, 0.29) is 10.8 Å². The molecule has 0 fully saturated rings. The van der Waals surface area contributed by atoms with Crippen LogP contribution in [0.2, 0.25) is 0 Å². The normalized spacial score (nSPS) is 12.3. The summed E-state index contributed by atoms with van der Waals surface area (Å²) in [6.45, 7) is 0. The van der Waals surface area contributed by atoms with Gasteiger partial charge < -0.3 is 0 Å². The summed E-state index contributed by atoms with van der Waals surface area (Å²) >= 11 is 3.90. The van der Waals surface area contributed by atoms with Crippen molar-refractivity contribution < 1.29 is 13.2 Å². The van der Waals surface area contributed by atoms with Gasteiger partial charge in [-0.1, -0.05) is 0 Å². The number of halogens is 3. The first-order valence-corrected chi connectivity index (χ1v) is 4.03. The fourth-order valence-electron chi connectivity index (χ4n) is 1.03. The topological polar surface area (TPSA) is 30.2 Å². The lowest BCUT2D eigenvalue weighted by Gasteiger charge is -2.06. The number of thiol groups is 1. The third kappa shape index (κ3) is 1.43. The molecule has 3 nitrogen and oxygen atoms in total. The van der Waals surface area contributed by atoms with Crippen molar-refractivity contribution in [2.75, 3.05) is 0 Å². The van der Waals surface area contributed by atoms with Crippen LogP contribution in [0.4, 0.5) is 13.2 Å². The fourth-order valence-corrected chi connectivity index (χ4v) is 1.31. The maximum Gasteiger partial charge on any atom is 0.433 e. The summed E-state index contributed by atoms with van der Waals surface area (Å²) in [6, 6.07) is 0.859.